The average molecular weight is 943 g/mol. The van der Waals surface area contributed by atoms with Crippen molar-refractivity contribution < 1.29 is 19.0 Å². The molecule has 0 amide bonds. The Kier molecular flexibility index (Phi) is 17.6. The second-order valence-electron chi connectivity index (χ2n) is 16.2. The minimum Gasteiger partial charge on any atom is -0.497 e. The standard InChI is InChI=1S/C54H60Cl4N2O4/c1-7-11-31-59(32-12-8-2)41-23-15-37(16-24-41)45(39-19-27-43(62-5)28-20-39)35-54(48-47(53(61)64-54)49(55)51(57)52(58)50(48)56)36-46(40-21-29-44(63-6)30-22-40)38-17-25-42(26-18-38)60(33-13-9-3)34-14-10-4/h15-30,35-36H,7-14,31-34H2,1-6H3. The minimum atomic E-state index is -1.65. The average Bonchev–Trinajstić information content (AvgIpc) is 3.62. The van der Waals surface area contributed by atoms with Gasteiger partial charge in [0.25, 0.3) is 0 Å². The van der Waals surface area contributed by atoms with Crippen LogP contribution in [-0.4, -0.2) is 46.4 Å². The molecule has 0 unspecified atom stereocenters. The number of nitrogens with zero attached hydrogens (tertiary/aromatic N) is 2. The molecule has 1 aliphatic rings. The zero-order chi connectivity index (χ0) is 45.8. The summed E-state index contributed by atoms with van der Waals surface area (Å²) < 4.78 is 17.8. The first kappa shape index (κ1) is 48.9. The van der Waals surface area contributed by atoms with E-state index in [0.717, 1.165) is 122 Å². The molecule has 0 atom stereocenters. The molecule has 1 aliphatic heterocycles. The van der Waals surface area contributed by atoms with Gasteiger partial charge in [-0.3, -0.25) is 0 Å². The molecule has 10 heteroatoms. The van der Waals surface area contributed by atoms with Crippen LogP contribution in [0.5, 0.6) is 11.5 Å². The second kappa shape index (κ2) is 23.0. The third kappa shape index (κ3) is 11.1. The van der Waals surface area contributed by atoms with Crippen LogP contribution in [0.1, 0.15) is 117 Å². The van der Waals surface area contributed by atoms with E-state index in [9.17, 15) is 4.79 Å². The first-order valence-electron chi connectivity index (χ1n) is 22.6. The molecular formula is C54H60Cl4N2O4. The Morgan fingerprint density at radius 2 is 0.844 bits per heavy atom. The molecule has 6 nitrogen and oxygen atoms in total. The second-order valence-corrected chi connectivity index (χ2v) is 17.8. The topological polar surface area (TPSA) is 51.2 Å². The van der Waals surface area contributed by atoms with Crippen LogP contribution < -0.4 is 19.3 Å². The summed E-state index contributed by atoms with van der Waals surface area (Å²) in [5, 5.41) is 0.0593. The van der Waals surface area contributed by atoms with Crippen molar-refractivity contribution in [3.05, 3.63) is 163 Å². The number of unbranched alkanes of at least 4 members (excludes halogenated alkanes) is 4. The number of fused-ring (bicyclic) bond motifs is 1. The molecule has 0 saturated carbocycles. The molecule has 0 saturated heterocycles. The number of esters is 1. The van der Waals surface area contributed by atoms with Gasteiger partial charge in [-0.1, -0.05) is 148 Å². The number of hydrogen-bond donors (Lipinski definition) is 0. The van der Waals surface area contributed by atoms with Crippen molar-refractivity contribution in [2.24, 2.45) is 0 Å². The predicted molar refractivity (Wildman–Crippen MR) is 271 cm³/mol. The summed E-state index contributed by atoms with van der Waals surface area (Å²) in [4.78, 5) is 19.3. The Hall–Kier alpha value is -4.59. The summed E-state index contributed by atoms with van der Waals surface area (Å²) in [6.45, 7) is 12.8. The number of cyclic esters (lactones) is 1. The first-order valence-corrected chi connectivity index (χ1v) is 24.1. The molecule has 0 spiro atoms. The Morgan fingerprint density at radius 1 is 0.516 bits per heavy atom. The van der Waals surface area contributed by atoms with Crippen molar-refractivity contribution >= 4 is 74.9 Å². The summed E-state index contributed by atoms with van der Waals surface area (Å²) >= 11 is 27.8. The van der Waals surface area contributed by atoms with Gasteiger partial charge in [-0.05, 0) is 120 Å². The number of hydrogen-bond acceptors (Lipinski definition) is 6. The number of rotatable bonds is 22. The van der Waals surface area contributed by atoms with Crippen LogP contribution in [0, 0.1) is 0 Å². The quantitative estimate of drug-likeness (QED) is 0.0391. The number of ether oxygens (including phenoxy) is 3. The van der Waals surface area contributed by atoms with Gasteiger partial charge in [0, 0.05) is 43.1 Å². The molecule has 5 aromatic carbocycles. The fourth-order valence-electron chi connectivity index (χ4n) is 8.17. The van der Waals surface area contributed by atoms with Crippen LogP contribution in [-0.2, 0) is 10.3 Å². The molecule has 64 heavy (non-hydrogen) atoms. The highest BCUT2D eigenvalue weighted by Gasteiger charge is 2.48. The number of carbonyl (C=O) groups excluding carboxylic acids is 1. The summed E-state index contributed by atoms with van der Waals surface area (Å²) in [7, 11) is 3.29. The lowest BCUT2D eigenvalue weighted by Crippen LogP contribution is -2.25. The lowest BCUT2D eigenvalue weighted by atomic mass is 9.83. The Balaban J connectivity index is 1.65. The fraction of sp³-hybridized carbons (Fsp3) is 0.352. The van der Waals surface area contributed by atoms with E-state index >= 15 is 0 Å². The number of anilines is 2. The highest BCUT2D eigenvalue weighted by molar-refractivity contribution is 6.53. The van der Waals surface area contributed by atoms with Gasteiger partial charge in [0.15, 0.2) is 5.60 Å². The van der Waals surface area contributed by atoms with Gasteiger partial charge in [0.2, 0.25) is 0 Å². The van der Waals surface area contributed by atoms with Crippen molar-refractivity contribution in [1.82, 2.24) is 0 Å². The van der Waals surface area contributed by atoms with E-state index in [4.69, 9.17) is 60.6 Å². The minimum absolute atomic E-state index is 0.0175. The van der Waals surface area contributed by atoms with Gasteiger partial charge in [-0.15, -0.1) is 0 Å². The van der Waals surface area contributed by atoms with Crippen molar-refractivity contribution in [3.63, 3.8) is 0 Å². The normalized spacial score (nSPS) is 14.9. The maximum Gasteiger partial charge on any atom is 0.341 e. The van der Waals surface area contributed by atoms with Gasteiger partial charge in [-0.2, -0.15) is 0 Å². The highest BCUT2D eigenvalue weighted by atomic mass is 35.5. The van der Waals surface area contributed by atoms with Crippen LogP contribution in [0.25, 0.3) is 11.1 Å². The molecule has 1 heterocycles. The number of carbonyl (C=O) groups is 1. The van der Waals surface area contributed by atoms with Crippen molar-refractivity contribution in [2.75, 3.05) is 50.2 Å². The SMILES string of the molecule is CCCCN(CCCC)c1ccc(C(=CC2(C=C(c3ccc(OC)cc3)c3ccc(N(CCCC)CCCC)cc3)OC(=O)c3c(Cl)c(Cl)c(Cl)c(Cl)c32)c2ccc(OC)cc2)cc1. The molecule has 0 bridgehead atoms. The smallest absolute Gasteiger partial charge is 0.341 e. The monoisotopic (exact) mass is 940 g/mol. The lowest BCUT2D eigenvalue weighted by Gasteiger charge is -2.28. The third-order valence-electron chi connectivity index (χ3n) is 11.9. The Bertz CT molecular complexity index is 2250. The van der Waals surface area contributed by atoms with E-state index in [-0.39, 0.29) is 25.7 Å². The van der Waals surface area contributed by atoms with E-state index in [1.807, 2.05) is 60.7 Å². The summed E-state index contributed by atoms with van der Waals surface area (Å²) in [5.41, 5.74) is 6.09. The molecule has 5 aromatic rings. The Morgan fingerprint density at radius 3 is 1.17 bits per heavy atom. The maximum atomic E-state index is 14.4. The molecular weight excluding hydrogens is 882 g/mol. The van der Waals surface area contributed by atoms with Crippen LogP contribution in [0.2, 0.25) is 20.1 Å². The summed E-state index contributed by atoms with van der Waals surface area (Å²) in [6, 6.07) is 32.8. The van der Waals surface area contributed by atoms with E-state index in [2.05, 4.69) is 86.0 Å². The first-order chi connectivity index (χ1) is 31.0. The van der Waals surface area contributed by atoms with Crippen LogP contribution >= 0.6 is 46.4 Å². The molecule has 0 N–H and O–H groups in total. The van der Waals surface area contributed by atoms with Gasteiger partial charge < -0.3 is 24.0 Å². The predicted octanol–water partition coefficient (Wildman–Crippen LogP) is 15.8. The van der Waals surface area contributed by atoms with E-state index in [1.54, 1.807) is 14.2 Å². The molecule has 0 aromatic heterocycles. The largest absolute Gasteiger partial charge is 0.497 e. The molecule has 0 fully saturated rings. The van der Waals surface area contributed by atoms with Crippen molar-refractivity contribution in [3.8, 4) is 11.5 Å². The lowest BCUT2D eigenvalue weighted by molar-refractivity contribution is 0.0300. The van der Waals surface area contributed by atoms with E-state index in [1.165, 1.54) is 0 Å². The summed E-state index contributed by atoms with van der Waals surface area (Å²) in [6.07, 6.45) is 12.8. The van der Waals surface area contributed by atoms with Gasteiger partial charge in [0.1, 0.15) is 11.5 Å². The van der Waals surface area contributed by atoms with Crippen LogP contribution in [0.15, 0.2) is 109 Å². The zero-order valence-electron chi connectivity index (χ0n) is 37.9. The molecule has 6 rings (SSSR count). The third-order valence-corrected chi connectivity index (χ3v) is 13.7. The summed E-state index contributed by atoms with van der Waals surface area (Å²) in [5.74, 6) is 0.738. The molecule has 0 radical (unpaired) electrons. The highest BCUT2D eigenvalue weighted by Crippen LogP contribution is 2.53. The van der Waals surface area contributed by atoms with Crippen LogP contribution in [0.4, 0.5) is 11.4 Å². The number of halogens is 4. The zero-order valence-corrected chi connectivity index (χ0v) is 40.9. The van der Waals surface area contributed by atoms with Gasteiger partial charge >= 0.3 is 5.97 Å². The van der Waals surface area contributed by atoms with E-state index < -0.39 is 11.6 Å². The fourth-order valence-corrected chi connectivity index (χ4v) is 9.24. The van der Waals surface area contributed by atoms with Gasteiger partial charge in [-0.25, -0.2) is 4.79 Å². The number of methoxy groups -OCH3 is 2. The van der Waals surface area contributed by atoms with Crippen molar-refractivity contribution in [2.45, 2.75) is 84.7 Å². The molecule has 338 valence electrons. The van der Waals surface area contributed by atoms with Crippen molar-refractivity contribution in [1.29, 1.82) is 0 Å². The Labute approximate surface area is 400 Å². The van der Waals surface area contributed by atoms with Gasteiger partial charge in [0.05, 0.1) is 39.9 Å². The maximum absolute atomic E-state index is 14.4. The molecule has 0 aliphatic carbocycles. The number of benzene rings is 5. The van der Waals surface area contributed by atoms with E-state index in [0.29, 0.717) is 17.1 Å². The van der Waals surface area contributed by atoms with Crippen LogP contribution in [0.3, 0.4) is 0 Å².